The average molecular weight is 317 g/mol. The normalized spacial score (nSPS) is 14.7. The Bertz CT molecular complexity index is 622. The Balaban J connectivity index is 1.55. The van der Waals surface area contributed by atoms with Crippen molar-refractivity contribution in [2.75, 3.05) is 0 Å². The average Bonchev–Trinajstić information content (AvgIpc) is 3.15. The largest absolute Gasteiger partial charge is 0.350 e. The summed E-state index contributed by atoms with van der Waals surface area (Å²) in [5.41, 5.74) is 2.94. The summed E-state index contributed by atoms with van der Waals surface area (Å²) in [6, 6.07) is 10.7. The van der Waals surface area contributed by atoms with Gasteiger partial charge in [-0.3, -0.25) is 4.79 Å². The van der Waals surface area contributed by atoms with E-state index in [1.807, 2.05) is 24.4 Å². The van der Waals surface area contributed by atoms with Crippen LogP contribution in [0.4, 0.5) is 0 Å². The molecule has 2 nitrogen and oxygen atoms in total. The second-order valence-corrected chi connectivity index (χ2v) is 7.79. The minimum atomic E-state index is -0.0654. The summed E-state index contributed by atoms with van der Waals surface area (Å²) in [6.45, 7) is 2.60. The second kappa shape index (κ2) is 6.67. The number of carbonyl (C=O) groups is 1. The number of amides is 1. The topological polar surface area (TPSA) is 29.1 Å². The number of fused-ring (bicyclic) bond motifs is 1. The molecule has 1 aliphatic rings. The van der Waals surface area contributed by atoms with Crippen molar-refractivity contribution in [2.24, 2.45) is 0 Å². The molecule has 4 heteroatoms. The Hall–Kier alpha value is -1.26. The predicted molar refractivity (Wildman–Crippen MR) is 90.0 cm³/mol. The molecule has 0 bridgehead atoms. The van der Waals surface area contributed by atoms with Crippen LogP contribution in [0.1, 0.15) is 29.3 Å². The Labute approximate surface area is 134 Å². The lowest BCUT2D eigenvalue weighted by Crippen LogP contribution is -2.30. The second-order valence-electron chi connectivity index (χ2n) is 5.34. The first-order chi connectivity index (χ1) is 10.2. The van der Waals surface area contributed by atoms with Gasteiger partial charge < -0.3 is 5.32 Å². The summed E-state index contributed by atoms with van der Waals surface area (Å²) in [7, 11) is 0. The summed E-state index contributed by atoms with van der Waals surface area (Å²) in [4.78, 5) is 14.5. The molecular weight excluding hydrogens is 298 g/mol. The van der Waals surface area contributed by atoms with Crippen LogP contribution in [-0.4, -0.2) is 11.2 Å². The third-order valence-electron chi connectivity index (χ3n) is 3.77. The molecule has 0 spiro atoms. The fourth-order valence-electron chi connectivity index (χ4n) is 2.61. The number of benzene rings is 1. The van der Waals surface area contributed by atoms with Crippen molar-refractivity contribution >= 4 is 29.0 Å². The molecule has 110 valence electrons. The highest BCUT2D eigenvalue weighted by Gasteiger charge is 2.16. The molecule has 21 heavy (non-hydrogen) atoms. The summed E-state index contributed by atoms with van der Waals surface area (Å²) in [5.74, 6) is 0.105. The maximum Gasteiger partial charge on any atom is 0.233 e. The Kier molecular flexibility index (Phi) is 4.66. The molecule has 1 unspecified atom stereocenters. The van der Waals surface area contributed by atoms with E-state index in [1.54, 1.807) is 23.1 Å². The zero-order chi connectivity index (χ0) is 14.7. The van der Waals surface area contributed by atoms with E-state index in [2.05, 4.69) is 23.5 Å². The van der Waals surface area contributed by atoms with Crippen LogP contribution in [0.5, 0.6) is 0 Å². The van der Waals surface area contributed by atoms with Crippen LogP contribution in [0, 0.1) is 0 Å². The van der Waals surface area contributed by atoms with E-state index in [4.69, 9.17) is 0 Å². The first-order valence-electron chi connectivity index (χ1n) is 7.31. The Morgan fingerprint density at radius 2 is 2.19 bits per heavy atom. The molecule has 0 saturated carbocycles. The van der Waals surface area contributed by atoms with Crippen molar-refractivity contribution in [1.82, 2.24) is 5.32 Å². The van der Waals surface area contributed by atoms with Crippen LogP contribution in [0.15, 0.2) is 40.6 Å². The maximum atomic E-state index is 12.1. The van der Waals surface area contributed by atoms with Gasteiger partial charge >= 0.3 is 0 Å². The third kappa shape index (κ3) is 3.69. The van der Waals surface area contributed by atoms with Gasteiger partial charge in [0.05, 0.1) is 11.8 Å². The minimum absolute atomic E-state index is 0.0654. The molecule has 0 fully saturated rings. The van der Waals surface area contributed by atoms with Crippen LogP contribution < -0.4 is 5.32 Å². The van der Waals surface area contributed by atoms with Crippen LogP contribution in [0.2, 0.25) is 0 Å². The van der Waals surface area contributed by atoms with E-state index in [0.29, 0.717) is 6.54 Å². The lowest BCUT2D eigenvalue weighted by molar-refractivity contribution is -0.120. The monoisotopic (exact) mass is 317 g/mol. The number of rotatable bonds is 5. The molecule has 3 rings (SSSR count). The van der Waals surface area contributed by atoms with Gasteiger partial charge in [0.1, 0.15) is 0 Å². The highest BCUT2D eigenvalue weighted by Crippen LogP contribution is 2.29. The van der Waals surface area contributed by atoms with Gasteiger partial charge in [0, 0.05) is 9.77 Å². The standard InChI is InChI=1S/C17H19NOS2/c1-12(17(19)18-11-16-6-3-9-20-16)21-15-8-7-13-4-2-5-14(13)10-15/h3,6-10,12H,2,4-5,11H2,1H3,(H,18,19). The summed E-state index contributed by atoms with van der Waals surface area (Å²) in [5, 5.41) is 4.97. The first-order valence-corrected chi connectivity index (χ1v) is 9.07. The van der Waals surface area contributed by atoms with Crippen LogP contribution in [-0.2, 0) is 24.2 Å². The van der Waals surface area contributed by atoms with E-state index in [9.17, 15) is 4.79 Å². The Morgan fingerprint density at radius 1 is 1.33 bits per heavy atom. The fourth-order valence-corrected chi connectivity index (χ4v) is 4.21. The lowest BCUT2D eigenvalue weighted by atomic mass is 10.1. The van der Waals surface area contributed by atoms with Gasteiger partial charge in [-0.15, -0.1) is 23.1 Å². The molecular formula is C17H19NOS2. The molecule has 1 aliphatic carbocycles. The van der Waals surface area contributed by atoms with E-state index >= 15 is 0 Å². The van der Waals surface area contributed by atoms with Crippen molar-refractivity contribution in [3.63, 3.8) is 0 Å². The number of hydrogen-bond acceptors (Lipinski definition) is 3. The van der Waals surface area contributed by atoms with Crippen molar-refractivity contribution in [3.8, 4) is 0 Å². The zero-order valence-corrected chi connectivity index (χ0v) is 13.7. The molecule has 1 atom stereocenters. The van der Waals surface area contributed by atoms with Gasteiger partial charge in [0.2, 0.25) is 5.91 Å². The SMILES string of the molecule is CC(Sc1ccc2c(c1)CCC2)C(=O)NCc1cccs1. The van der Waals surface area contributed by atoms with E-state index in [0.717, 1.165) is 0 Å². The minimum Gasteiger partial charge on any atom is -0.350 e. The smallest absolute Gasteiger partial charge is 0.233 e. The van der Waals surface area contributed by atoms with E-state index in [1.165, 1.54) is 40.2 Å². The van der Waals surface area contributed by atoms with Gasteiger partial charge in [-0.2, -0.15) is 0 Å². The number of thioether (sulfide) groups is 1. The summed E-state index contributed by atoms with van der Waals surface area (Å²) in [6.07, 6.45) is 3.65. The third-order valence-corrected chi connectivity index (χ3v) is 5.74. The molecule has 1 heterocycles. The number of thiophene rings is 1. The lowest BCUT2D eigenvalue weighted by Gasteiger charge is -2.12. The Morgan fingerprint density at radius 3 is 3.00 bits per heavy atom. The van der Waals surface area contributed by atoms with Gasteiger partial charge in [-0.05, 0) is 60.9 Å². The number of nitrogens with one attached hydrogen (secondary N) is 1. The van der Waals surface area contributed by atoms with Crippen LogP contribution in [0.3, 0.4) is 0 Å². The van der Waals surface area contributed by atoms with Gasteiger partial charge in [-0.25, -0.2) is 0 Å². The molecule has 0 radical (unpaired) electrons. The molecule has 0 saturated heterocycles. The van der Waals surface area contributed by atoms with Gasteiger partial charge in [-0.1, -0.05) is 12.1 Å². The summed E-state index contributed by atoms with van der Waals surface area (Å²) < 4.78 is 0. The predicted octanol–water partition coefficient (Wildman–Crippen LogP) is 4.03. The van der Waals surface area contributed by atoms with Crippen molar-refractivity contribution in [3.05, 3.63) is 51.7 Å². The molecule has 1 N–H and O–H groups in total. The number of carbonyl (C=O) groups excluding carboxylic acids is 1. The maximum absolute atomic E-state index is 12.1. The van der Waals surface area contributed by atoms with Crippen molar-refractivity contribution < 1.29 is 4.79 Å². The number of aryl methyl sites for hydroxylation is 2. The van der Waals surface area contributed by atoms with Gasteiger partial charge in [0.15, 0.2) is 0 Å². The molecule has 0 aliphatic heterocycles. The molecule has 2 aromatic rings. The number of hydrogen-bond donors (Lipinski definition) is 1. The first kappa shape index (κ1) is 14.7. The van der Waals surface area contributed by atoms with Crippen LogP contribution >= 0.6 is 23.1 Å². The molecule has 1 aromatic heterocycles. The quantitative estimate of drug-likeness (QED) is 0.844. The van der Waals surface area contributed by atoms with Crippen molar-refractivity contribution in [1.29, 1.82) is 0 Å². The highest BCUT2D eigenvalue weighted by atomic mass is 32.2. The van der Waals surface area contributed by atoms with Crippen molar-refractivity contribution in [2.45, 2.75) is 42.9 Å². The van der Waals surface area contributed by atoms with Crippen LogP contribution in [0.25, 0.3) is 0 Å². The highest BCUT2D eigenvalue weighted by molar-refractivity contribution is 8.00. The zero-order valence-electron chi connectivity index (χ0n) is 12.1. The van der Waals surface area contributed by atoms with E-state index < -0.39 is 0 Å². The van der Waals surface area contributed by atoms with E-state index in [-0.39, 0.29) is 11.2 Å². The molecule has 1 aromatic carbocycles. The summed E-state index contributed by atoms with van der Waals surface area (Å²) >= 11 is 3.32. The van der Waals surface area contributed by atoms with Gasteiger partial charge in [0.25, 0.3) is 0 Å². The fraction of sp³-hybridized carbons (Fsp3) is 0.353. The molecule has 1 amide bonds.